The average molecular weight is 288 g/mol. The highest BCUT2D eigenvalue weighted by atomic mass is 79.9. The molecule has 0 aliphatic heterocycles. The van der Waals surface area contributed by atoms with Gasteiger partial charge < -0.3 is 5.73 Å². The van der Waals surface area contributed by atoms with E-state index in [9.17, 15) is 4.79 Å². The van der Waals surface area contributed by atoms with Crippen LogP contribution in [0.25, 0.3) is 0 Å². The van der Waals surface area contributed by atoms with Crippen molar-refractivity contribution in [2.24, 2.45) is 5.73 Å². The lowest BCUT2D eigenvalue weighted by Crippen LogP contribution is -2.10. The molecule has 0 fully saturated rings. The van der Waals surface area contributed by atoms with Gasteiger partial charge in [0.15, 0.2) is 0 Å². The minimum atomic E-state index is -0.228. The van der Waals surface area contributed by atoms with Gasteiger partial charge in [0.1, 0.15) is 0 Å². The average Bonchev–Trinajstić information content (AvgIpc) is 2.18. The fraction of sp³-hybridized carbons (Fsp3) is 0.364. The van der Waals surface area contributed by atoms with Gasteiger partial charge in [0.25, 0.3) is 0 Å². The van der Waals surface area contributed by atoms with Crippen LogP contribution in [-0.2, 0) is 10.5 Å². The van der Waals surface area contributed by atoms with Crippen molar-refractivity contribution in [3.05, 3.63) is 33.8 Å². The molecule has 15 heavy (non-hydrogen) atoms. The van der Waals surface area contributed by atoms with Crippen molar-refractivity contribution in [3.63, 3.8) is 0 Å². The normalized spacial score (nSPS) is 10.3. The summed E-state index contributed by atoms with van der Waals surface area (Å²) in [5.41, 5.74) is 7.64. The van der Waals surface area contributed by atoms with Crippen LogP contribution in [0, 0.1) is 6.92 Å². The molecule has 0 spiro atoms. The fourth-order valence-corrected chi connectivity index (χ4v) is 2.59. The van der Waals surface area contributed by atoms with Gasteiger partial charge in [-0.2, -0.15) is 11.8 Å². The highest BCUT2D eigenvalue weighted by molar-refractivity contribution is 9.10. The predicted molar refractivity (Wildman–Crippen MR) is 68.9 cm³/mol. The quantitative estimate of drug-likeness (QED) is 0.847. The number of halogens is 1. The lowest BCUT2D eigenvalue weighted by molar-refractivity contribution is -0.117. The second-order valence-corrected chi connectivity index (χ2v) is 5.25. The maximum absolute atomic E-state index is 10.5. The first-order valence-electron chi connectivity index (χ1n) is 4.71. The number of hydrogen-bond donors (Lipinski definition) is 1. The van der Waals surface area contributed by atoms with Gasteiger partial charge in [0, 0.05) is 22.4 Å². The second kappa shape index (κ2) is 6.18. The molecule has 1 aromatic carbocycles. The van der Waals surface area contributed by atoms with Crippen LogP contribution in [0.1, 0.15) is 17.5 Å². The topological polar surface area (TPSA) is 43.1 Å². The van der Waals surface area contributed by atoms with E-state index < -0.39 is 0 Å². The largest absolute Gasteiger partial charge is 0.370 e. The Morgan fingerprint density at radius 3 is 2.93 bits per heavy atom. The number of nitrogens with two attached hydrogens (primary N) is 1. The van der Waals surface area contributed by atoms with E-state index >= 15 is 0 Å². The summed E-state index contributed by atoms with van der Waals surface area (Å²) >= 11 is 5.23. The zero-order valence-electron chi connectivity index (χ0n) is 8.63. The molecular weight excluding hydrogens is 274 g/mol. The highest BCUT2D eigenvalue weighted by Crippen LogP contribution is 2.23. The molecule has 1 amide bonds. The molecule has 0 radical (unpaired) electrons. The summed E-state index contributed by atoms with van der Waals surface area (Å²) in [4.78, 5) is 10.5. The van der Waals surface area contributed by atoms with Gasteiger partial charge in [-0.1, -0.05) is 28.1 Å². The second-order valence-electron chi connectivity index (χ2n) is 3.29. The Morgan fingerprint density at radius 2 is 2.27 bits per heavy atom. The number of carbonyl (C=O) groups is 1. The Balaban J connectivity index is 2.44. The third-order valence-electron chi connectivity index (χ3n) is 2.13. The highest BCUT2D eigenvalue weighted by Gasteiger charge is 2.02. The van der Waals surface area contributed by atoms with E-state index in [2.05, 4.69) is 28.9 Å². The van der Waals surface area contributed by atoms with Gasteiger partial charge in [0.05, 0.1) is 0 Å². The molecule has 2 N–H and O–H groups in total. The van der Waals surface area contributed by atoms with Gasteiger partial charge in [-0.05, 0) is 24.1 Å². The van der Waals surface area contributed by atoms with Crippen molar-refractivity contribution in [2.75, 3.05) is 5.75 Å². The Kier molecular flexibility index (Phi) is 5.19. The number of rotatable bonds is 5. The van der Waals surface area contributed by atoms with Gasteiger partial charge >= 0.3 is 0 Å². The predicted octanol–water partition coefficient (Wildman–Crippen LogP) is 2.87. The first-order valence-corrected chi connectivity index (χ1v) is 6.66. The molecule has 4 heteroatoms. The Bertz CT molecular complexity index is 354. The summed E-state index contributed by atoms with van der Waals surface area (Å²) in [6.07, 6.45) is 0.456. The van der Waals surface area contributed by atoms with Crippen molar-refractivity contribution in [1.82, 2.24) is 0 Å². The summed E-state index contributed by atoms with van der Waals surface area (Å²) in [6, 6.07) is 6.17. The van der Waals surface area contributed by atoms with Crippen LogP contribution in [0.5, 0.6) is 0 Å². The minimum Gasteiger partial charge on any atom is -0.370 e. The zero-order chi connectivity index (χ0) is 11.3. The van der Waals surface area contributed by atoms with Crippen molar-refractivity contribution in [2.45, 2.75) is 19.1 Å². The van der Waals surface area contributed by atoms with Gasteiger partial charge in [0.2, 0.25) is 5.91 Å². The van der Waals surface area contributed by atoms with Crippen LogP contribution in [0.3, 0.4) is 0 Å². The number of primary amides is 1. The van der Waals surface area contributed by atoms with E-state index in [1.165, 1.54) is 11.1 Å². The number of carbonyl (C=O) groups excluding carboxylic acids is 1. The Labute approximate surface area is 103 Å². The lowest BCUT2D eigenvalue weighted by Gasteiger charge is -2.06. The molecule has 1 aromatic rings. The molecule has 0 aromatic heterocycles. The Hall–Kier alpha value is -0.480. The third-order valence-corrected chi connectivity index (χ3v) is 4.00. The van der Waals surface area contributed by atoms with E-state index in [1.54, 1.807) is 11.8 Å². The zero-order valence-corrected chi connectivity index (χ0v) is 11.0. The molecule has 0 aliphatic carbocycles. The van der Waals surface area contributed by atoms with E-state index in [-0.39, 0.29) is 5.91 Å². The fourth-order valence-electron chi connectivity index (χ4n) is 1.16. The van der Waals surface area contributed by atoms with Gasteiger partial charge in [-0.3, -0.25) is 4.79 Å². The number of amides is 1. The van der Waals surface area contributed by atoms with Crippen molar-refractivity contribution >= 4 is 33.6 Å². The molecule has 0 unspecified atom stereocenters. The van der Waals surface area contributed by atoms with Crippen molar-refractivity contribution < 1.29 is 4.79 Å². The molecular formula is C11H14BrNOS. The standard InChI is InChI=1S/C11H14BrNOS/c1-8-9(3-2-4-10(8)12)7-15-6-5-11(13)14/h2-4H,5-7H2,1H3,(H2,13,14). The number of benzene rings is 1. The maximum atomic E-state index is 10.5. The molecule has 0 saturated carbocycles. The molecule has 0 aliphatic rings. The monoisotopic (exact) mass is 287 g/mol. The van der Waals surface area contributed by atoms with Crippen LogP contribution >= 0.6 is 27.7 Å². The van der Waals surface area contributed by atoms with Gasteiger partial charge in [-0.15, -0.1) is 0 Å². The van der Waals surface area contributed by atoms with Crippen LogP contribution in [-0.4, -0.2) is 11.7 Å². The first kappa shape index (κ1) is 12.6. The van der Waals surface area contributed by atoms with E-state index in [0.29, 0.717) is 6.42 Å². The smallest absolute Gasteiger partial charge is 0.218 e. The molecule has 0 atom stereocenters. The molecule has 82 valence electrons. The third kappa shape index (κ3) is 4.26. The van der Waals surface area contributed by atoms with Crippen LogP contribution in [0.2, 0.25) is 0 Å². The van der Waals surface area contributed by atoms with Crippen LogP contribution in [0.15, 0.2) is 22.7 Å². The summed E-state index contributed by atoms with van der Waals surface area (Å²) in [6.45, 7) is 2.09. The number of hydrogen-bond acceptors (Lipinski definition) is 2. The molecule has 0 heterocycles. The van der Waals surface area contributed by atoms with Crippen LogP contribution in [0.4, 0.5) is 0 Å². The molecule has 0 bridgehead atoms. The van der Waals surface area contributed by atoms with Gasteiger partial charge in [-0.25, -0.2) is 0 Å². The molecule has 1 rings (SSSR count). The van der Waals surface area contributed by atoms with Crippen molar-refractivity contribution in [1.29, 1.82) is 0 Å². The number of thioether (sulfide) groups is 1. The van der Waals surface area contributed by atoms with Crippen LogP contribution < -0.4 is 5.73 Å². The minimum absolute atomic E-state index is 0.228. The summed E-state index contributed by atoms with van der Waals surface area (Å²) in [5, 5.41) is 0. The van der Waals surface area contributed by atoms with E-state index in [0.717, 1.165) is 16.0 Å². The lowest BCUT2D eigenvalue weighted by atomic mass is 10.1. The maximum Gasteiger partial charge on any atom is 0.218 e. The van der Waals surface area contributed by atoms with Crippen molar-refractivity contribution in [3.8, 4) is 0 Å². The summed E-state index contributed by atoms with van der Waals surface area (Å²) in [5.74, 6) is 1.49. The summed E-state index contributed by atoms with van der Waals surface area (Å²) < 4.78 is 1.13. The van der Waals surface area contributed by atoms with E-state index in [1.807, 2.05) is 12.1 Å². The molecule has 0 saturated heterocycles. The SMILES string of the molecule is Cc1c(Br)cccc1CSCCC(N)=O. The Morgan fingerprint density at radius 1 is 1.53 bits per heavy atom. The molecule has 2 nitrogen and oxygen atoms in total. The first-order chi connectivity index (χ1) is 7.11. The van der Waals surface area contributed by atoms with E-state index in [4.69, 9.17) is 5.73 Å². The summed E-state index contributed by atoms with van der Waals surface area (Å²) in [7, 11) is 0.